The maximum Gasteiger partial charge on any atom is 0.162 e. The predicted octanol–water partition coefficient (Wildman–Crippen LogP) is 1.85. The summed E-state index contributed by atoms with van der Waals surface area (Å²) >= 11 is 0. The van der Waals surface area contributed by atoms with Crippen molar-refractivity contribution in [2.45, 2.75) is 31.0 Å². The zero-order valence-electron chi connectivity index (χ0n) is 15.0. The van der Waals surface area contributed by atoms with Crippen LogP contribution in [0.15, 0.2) is 54.7 Å². The lowest BCUT2D eigenvalue weighted by molar-refractivity contribution is -0.209. The van der Waals surface area contributed by atoms with Crippen molar-refractivity contribution in [3.8, 4) is 5.75 Å². The maximum atomic E-state index is 10.5. The van der Waals surface area contributed by atoms with Gasteiger partial charge in [0.2, 0.25) is 0 Å². The molecule has 0 bridgehead atoms. The highest BCUT2D eigenvalue weighted by molar-refractivity contribution is 5.90. The first-order valence-electron chi connectivity index (χ1n) is 8.96. The fraction of sp³-hybridized carbons (Fsp3) is 0.333. The van der Waals surface area contributed by atoms with Gasteiger partial charge in [-0.2, -0.15) is 0 Å². The van der Waals surface area contributed by atoms with Gasteiger partial charge < -0.3 is 29.4 Å². The molecule has 3 aromatic rings. The van der Waals surface area contributed by atoms with Gasteiger partial charge in [0.05, 0.1) is 19.2 Å². The Balaban J connectivity index is 1.82. The number of nitrogens with zero attached hydrogens (tertiary/aromatic N) is 1. The van der Waals surface area contributed by atoms with Gasteiger partial charge in [0.15, 0.2) is 6.23 Å². The smallest absolute Gasteiger partial charge is 0.162 e. The highest BCUT2D eigenvalue weighted by Gasteiger charge is 2.39. The molecule has 6 nitrogen and oxygen atoms in total. The summed E-state index contributed by atoms with van der Waals surface area (Å²) < 4.78 is 13.0. The summed E-state index contributed by atoms with van der Waals surface area (Å²) in [5, 5.41) is 31.2. The molecule has 3 N–H and O–H groups in total. The van der Waals surface area contributed by atoms with Gasteiger partial charge in [-0.3, -0.25) is 0 Å². The summed E-state index contributed by atoms with van der Waals surface area (Å²) in [5.74, 6) is 0.739. The number of hydrogen-bond acceptors (Lipinski definition) is 5. The van der Waals surface area contributed by atoms with Gasteiger partial charge in [0, 0.05) is 11.6 Å². The highest BCUT2D eigenvalue weighted by atomic mass is 16.5. The Morgan fingerprint density at radius 3 is 2.56 bits per heavy atom. The number of ether oxygens (including phenoxy) is 2. The summed E-state index contributed by atoms with van der Waals surface area (Å²) in [6, 6.07) is 15.8. The molecule has 1 aliphatic rings. The van der Waals surface area contributed by atoms with E-state index in [9.17, 15) is 15.3 Å². The molecule has 2 aromatic carbocycles. The molecule has 0 amide bonds. The van der Waals surface area contributed by atoms with Crippen molar-refractivity contribution < 1.29 is 24.8 Å². The number of benzene rings is 2. The van der Waals surface area contributed by atoms with Crippen molar-refractivity contribution >= 4 is 10.9 Å². The fourth-order valence-corrected chi connectivity index (χ4v) is 3.73. The molecule has 1 aromatic heterocycles. The quantitative estimate of drug-likeness (QED) is 0.654. The lowest BCUT2D eigenvalue weighted by Crippen LogP contribution is -2.50. The number of rotatable bonds is 4. The first-order chi connectivity index (χ1) is 13.1. The van der Waals surface area contributed by atoms with Crippen molar-refractivity contribution in [3.63, 3.8) is 0 Å². The van der Waals surface area contributed by atoms with E-state index in [1.165, 1.54) is 0 Å². The van der Waals surface area contributed by atoms with E-state index in [-0.39, 0.29) is 6.61 Å². The lowest BCUT2D eigenvalue weighted by Gasteiger charge is -2.36. The molecular formula is C21H23NO5. The van der Waals surface area contributed by atoms with Gasteiger partial charge in [-0.25, -0.2) is 0 Å². The molecule has 1 fully saturated rings. The topological polar surface area (TPSA) is 84.1 Å². The van der Waals surface area contributed by atoms with Crippen LogP contribution in [-0.4, -0.2) is 51.9 Å². The Morgan fingerprint density at radius 1 is 1.04 bits per heavy atom. The second kappa shape index (κ2) is 7.32. The van der Waals surface area contributed by atoms with Crippen LogP contribution in [-0.2, 0) is 11.2 Å². The molecule has 1 saturated heterocycles. The molecule has 6 heteroatoms. The van der Waals surface area contributed by atoms with Gasteiger partial charge in [-0.1, -0.05) is 36.4 Å². The third kappa shape index (κ3) is 3.21. The zero-order chi connectivity index (χ0) is 19.0. The largest absolute Gasteiger partial charge is 0.496 e. The van der Waals surface area contributed by atoms with Crippen LogP contribution in [0.4, 0.5) is 0 Å². The number of fused-ring (bicyclic) bond motifs is 1. The first-order valence-corrected chi connectivity index (χ1v) is 8.96. The van der Waals surface area contributed by atoms with Gasteiger partial charge in [0.25, 0.3) is 0 Å². The summed E-state index contributed by atoms with van der Waals surface area (Å²) in [6.45, 7) is -0.0411. The van der Waals surface area contributed by atoms with Crippen molar-refractivity contribution in [1.29, 1.82) is 0 Å². The first kappa shape index (κ1) is 18.0. The van der Waals surface area contributed by atoms with Gasteiger partial charge in [-0.15, -0.1) is 0 Å². The monoisotopic (exact) mass is 369 g/mol. The molecule has 1 aliphatic heterocycles. The van der Waals surface area contributed by atoms with E-state index in [0.717, 1.165) is 27.8 Å². The number of methoxy groups -OCH3 is 1. The molecule has 0 radical (unpaired) electrons. The van der Waals surface area contributed by atoms with E-state index in [0.29, 0.717) is 6.42 Å². The average molecular weight is 369 g/mol. The molecule has 0 spiro atoms. The van der Waals surface area contributed by atoms with E-state index in [2.05, 4.69) is 12.1 Å². The van der Waals surface area contributed by atoms with E-state index < -0.39 is 24.5 Å². The van der Waals surface area contributed by atoms with Crippen LogP contribution < -0.4 is 4.74 Å². The number of hydrogen-bond donors (Lipinski definition) is 3. The molecular weight excluding hydrogens is 346 g/mol. The van der Waals surface area contributed by atoms with E-state index in [1.54, 1.807) is 7.11 Å². The Bertz CT molecular complexity index is 923. The van der Waals surface area contributed by atoms with Crippen LogP contribution in [0.1, 0.15) is 17.4 Å². The molecule has 0 saturated carbocycles. The number of aliphatic hydroxyl groups is 3. The minimum Gasteiger partial charge on any atom is -0.496 e. The minimum atomic E-state index is -1.26. The summed E-state index contributed by atoms with van der Waals surface area (Å²) in [7, 11) is 1.63. The predicted molar refractivity (Wildman–Crippen MR) is 101 cm³/mol. The second-order valence-electron chi connectivity index (χ2n) is 6.85. The van der Waals surface area contributed by atoms with E-state index >= 15 is 0 Å². The van der Waals surface area contributed by atoms with Crippen molar-refractivity contribution in [2.24, 2.45) is 0 Å². The molecule has 0 aliphatic carbocycles. The van der Waals surface area contributed by atoms with Gasteiger partial charge in [-0.05, 0) is 29.7 Å². The SMILES string of the molecule is COc1cccc2c1c(Cc1ccccc1)cn2[C@@H]1OC[C@@H](O)[C@H](O)[C@H]1O. The molecule has 2 heterocycles. The lowest BCUT2D eigenvalue weighted by atomic mass is 10.0. The Morgan fingerprint density at radius 2 is 1.81 bits per heavy atom. The summed E-state index contributed by atoms with van der Waals surface area (Å²) in [6.07, 6.45) is -1.76. The van der Waals surface area contributed by atoms with E-state index in [1.807, 2.05) is 47.2 Å². The number of aromatic nitrogens is 1. The molecule has 4 rings (SSSR count). The van der Waals surface area contributed by atoms with Gasteiger partial charge in [0.1, 0.15) is 24.1 Å². The van der Waals surface area contributed by atoms with Crippen molar-refractivity contribution in [2.75, 3.05) is 13.7 Å². The molecule has 27 heavy (non-hydrogen) atoms. The number of aliphatic hydroxyl groups excluding tert-OH is 3. The second-order valence-corrected chi connectivity index (χ2v) is 6.85. The Hall–Kier alpha value is -2.38. The normalized spacial score (nSPS) is 25.6. The van der Waals surface area contributed by atoms with Crippen molar-refractivity contribution in [3.05, 3.63) is 65.9 Å². The van der Waals surface area contributed by atoms with Gasteiger partial charge >= 0.3 is 0 Å². The minimum absolute atomic E-state index is 0.0411. The standard InChI is InChI=1S/C21H23NO5/c1-26-17-9-5-8-15-18(17)14(10-13-6-3-2-4-7-13)11-22(15)21-20(25)19(24)16(23)12-27-21/h2-9,11,16,19-21,23-25H,10,12H2,1H3/t16-,19+,20-,21-/m1/s1. The van der Waals surface area contributed by atoms with Crippen LogP contribution >= 0.6 is 0 Å². The summed E-state index contributed by atoms with van der Waals surface area (Å²) in [4.78, 5) is 0. The fourth-order valence-electron chi connectivity index (χ4n) is 3.73. The molecule has 142 valence electrons. The highest BCUT2D eigenvalue weighted by Crippen LogP contribution is 2.36. The maximum absolute atomic E-state index is 10.5. The van der Waals surface area contributed by atoms with Crippen LogP contribution in [0.5, 0.6) is 5.75 Å². The Kier molecular flexibility index (Phi) is 4.88. The third-order valence-corrected chi connectivity index (χ3v) is 5.10. The van der Waals surface area contributed by atoms with Crippen LogP contribution in [0, 0.1) is 0 Å². The van der Waals surface area contributed by atoms with Crippen LogP contribution in [0.3, 0.4) is 0 Å². The molecule has 4 atom stereocenters. The third-order valence-electron chi connectivity index (χ3n) is 5.10. The van der Waals surface area contributed by atoms with Crippen LogP contribution in [0.2, 0.25) is 0 Å². The van der Waals surface area contributed by atoms with Crippen molar-refractivity contribution in [1.82, 2.24) is 4.57 Å². The van der Waals surface area contributed by atoms with Crippen LogP contribution in [0.25, 0.3) is 10.9 Å². The molecule has 0 unspecified atom stereocenters. The zero-order valence-corrected chi connectivity index (χ0v) is 15.0. The Labute approximate surface area is 157 Å². The van der Waals surface area contributed by atoms with E-state index in [4.69, 9.17) is 9.47 Å². The summed E-state index contributed by atoms with van der Waals surface area (Å²) in [5.41, 5.74) is 3.03. The average Bonchev–Trinajstić information content (AvgIpc) is 3.05.